The zero-order chi connectivity index (χ0) is 24.9. The Morgan fingerprint density at radius 2 is 1.80 bits per heavy atom. The Morgan fingerprint density at radius 3 is 2.40 bits per heavy atom. The fourth-order valence-corrected chi connectivity index (χ4v) is 4.04. The minimum atomic E-state index is -0.643. The molecule has 180 valence electrons. The summed E-state index contributed by atoms with van der Waals surface area (Å²) in [7, 11) is 4.51. The van der Waals surface area contributed by atoms with Crippen molar-refractivity contribution in [2.45, 2.75) is 0 Å². The number of halogens is 1. The molecule has 0 amide bonds. The van der Waals surface area contributed by atoms with E-state index in [1.54, 1.807) is 29.6 Å². The van der Waals surface area contributed by atoms with Crippen molar-refractivity contribution in [3.63, 3.8) is 0 Å². The molecule has 0 unspecified atom stereocenters. The third-order valence-corrected chi connectivity index (χ3v) is 5.62. The van der Waals surface area contributed by atoms with Gasteiger partial charge in [-0.15, -0.1) is 11.3 Å². The Labute approximate surface area is 202 Å². The summed E-state index contributed by atoms with van der Waals surface area (Å²) in [6, 6.07) is 12.2. The van der Waals surface area contributed by atoms with Crippen LogP contribution in [0, 0.1) is 15.9 Å². The van der Waals surface area contributed by atoms with Crippen molar-refractivity contribution in [2.24, 2.45) is 10.1 Å². The summed E-state index contributed by atoms with van der Waals surface area (Å²) in [5.74, 6) is 0.525. The lowest BCUT2D eigenvalue weighted by molar-refractivity contribution is -0.402. The summed E-state index contributed by atoms with van der Waals surface area (Å²) >= 11 is 1.22. The maximum atomic E-state index is 14.3. The number of benzene rings is 2. The molecule has 2 aromatic carbocycles. The molecule has 0 aliphatic carbocycles. The monoisotopic (exact) mass is 498 g/mol. The molecule has 0 aliphatic heterocycles. The molecule has 0 fully saturated rings. The van der Waals surface area contributed by atoms with Crippen LogP contribution in [0.5, 0.6) is 17.2 Å². The Kier molecular flexibility index (Phi) is 6.92. The van der Waals surface area contributed by atoms with Crippen LogP contribution in [0.3, 0.4) is 0 Å². The summed E-state index contributed by atoms with van der Waals surface area (Å²) in [5, 5.41) is 17.1. The SMILES string of the molecule is COc1cc(-c2csc(=Nc3ccccc3F)n2N=Cc2ccc([N+](=O)[O-])o2)cc(OC)c1OC. The lowest BCUT2D eigenvalue weighted by atomic mass is 10.1. The average molecular weight is 498 g/mol. The van der Waals surface area contributed by atoms with Gasteiger partial charge in [0.2, 0.25) is 10.6 Å². The number of rotatable bonds is 8. The summed E-state index contributed by atoms with van der Waals surface area (Å²) in [6.07, 6.45) is 1.31. The van der Waals surface area contributed by atoms with Crippen molar-refractivity contribution >= 4 is 29.1 Å². The van der Waals surface area contributed by atoms with Crippen molar-refractivity contribution in [3.05, 3.63) is 80.4 Å². The smallest absolute Gasteiger partial charge is 0.433 e. The van der Waals surface area contributed by atoms with Crippen molar-refractivity contribution in [2.75, 3.05) is 21.3 Å². The normalized spacial score (nSPS) is 11.7. The van der Waals surface area contributed by atoms with E-state index in [9.17, 15) is 14.5 Å². The van der Waals surface area contributed by atoms with Gasteiger partial charge in [-0.25, -0.2) is 14.1 Å². The molecule has 4 rings (SSSR count). The van der Waals surface area contributed by atoms with Gasteiger partial charge >= 0.3 is 5.88 Å². The summed E-state index contributed by atoms with van der Waals surface area (Å²) < 4.78 is 37.2. The molecule has 10 nitrogen and oxygen atoms in total. The molecular formula is C23H19FN4O6S. The molecule has 0 bridgehead atoms. The van der Waals surface area contributed by atoms with Crippen LogP contribution in [0.15, 0.2) is 68.4 Å². The first-order chi connectivity index (χ1) is 16.9. The van der Waals surface area contributed by atoms with Crippen LogP contribution in [0.25, 0.3) is 11.3 Å². The number of aromatic nitrogens is 1. The average Bonchev–Trinajstić information content (AvgIpc) is 3.50. The fraction of sp³-hybridized carbons (Fsp3) is 0.130. The number of hydrogen-bond acceptors (Lipinski definition) is 9. The predicted molar refractivity (Wildman–Crippen MR) is 127 cm³/mol. The van der Waals surface area contributed by atoms with Crippen molar-refractivity contribution < 1.29 is 27.9 Å². The molecule has 0 saturated heterocycles. The summed E-state index contributed by atoms with van der Waals surface area (Å²) in [6.45, 7) is 0. The number of methoxy groups -OCH3 is 3. The van der Waals surface area contributed by atoms with E-state index < -0.39 is 16.6 Å². The van der Waals surface area contributed by atoms with E-state index in [1.807, 2.05) is 0 Å². The van der Waals surface area contributed by atoms with E-state index in [0.717, 1.165) is 0 Å². The highest BCUT2D eigenvalue weighted by Crippen LogP contribution is 2.41. The molecular weight excluding hydrogens is 479 g/mol. The lowest BCUT2D eigenvalue weighted by Gasteiger charge is -2.14. The topological polar surface area (TPSA) is 114 Å². The van der Waals surface area contributed by atoms with E-state index >= 15 is 0 Å². The lowest BCUT2D eigenvalue weighted by Crippen LogP contribution is -2.12. The first-order valence-electron chi connectivity index (χ1n) is 10.0. The Bertz CT molecular complexity index is 1450. The predicted octanol–water partition coefficient (Wildman–Crippen LogP) is 5.00. The van der Waals surface area contributed by atoms with E-state index in [4.69, 9.17) is 18.6 Å². The molecule has 0 spiro atoms. The number of thiazole rings is 1. The Morgan fingerprint density at radius 1 is 1.09 bits per heavy atom. The first kappa shape index (κ1) is 23.7. The fourth-order valence-electron chi connectivity index (χ4n) is 3.19. The van der Waals surface area contributed by atoms with Crippen LogP contribution in [0.2, 0.25) is 0 Å². The molecule has 2 aromatic heterocycles. The molecule has 0 atom stereocenters. The van der Waals surface area contributed by atoms with Crippen molar-refractivity contribution in [3.8, 4) is 28.5 Å². The largest absolute Gasteiger partial charge is 0.493 e. The zero-order valence-corrected chi connectivity index (χ0v) is 19.6. The Balaban J connectivity index is 1.90. The highest BCUT2D eigenvalue weighted by Gasteiger charge is 2.17. The second kappa shape index (κ2) is 10.2. The van der Waals surface area contributed by atoms with Crippen LogP contribution >= 0.6 is 11.3 Å². The van der Waals surface area contributed by atoms with Gasteiger partial charge in [0.25, 0.3) is 0 Å². The van der Waals surface area contributed by atoms with E-state index in [-0.39, 0.29) is 11.4 Å². The van der Waals surface area contributed by atoms with Gasteiger partial charge in [-0.1, -0.05) is 12.1 Å². The minimum Gasteiger partial charge on any atom is -0.493 e. The van der Waals surface area contributed by atoms with Gasteiger partial charge in [-0.05, 0) is 30.3 Å². The molecule has 35 heavy (non-hydrogen) atoms. The number of hydrogen-bond donors (Lipinski definition) is 0. The van der Waals surface area contributed by atoms with E-state index in [1.165, 1.54) is 67.8 Å². The van der Waals surface area contributed by atoms with Crippen molar-refractivity contribution in [1.82, 2.24) is 4.68 Å². The molecule has 2 heterocycles. The van der Waals surface area contributed by atoms with Crippen LogP contribution in [0.4, 0.5) is 16.0 Å². The third kappa shape index (κ3) is 4.92. The van der Waals surface area contributed by atoms with Gasteiger partial charge in [0.05, 0.1) is 39.3 Å². The highest BCUT2D eigenvalue weighted by atomic mass is 32.1. The van der Waals surface area contributed by atoms with Gasteiger partial charge in [-0.2, -0.15) is 5.10 Å². The number of ether oxygens (including phenoxy) is 3. The molecule has 0 radical (unpaired) electrons. The number of nitrogens with zero attached hydrogens (tertiary/aromatic N) is 4. The van der Waals surface area contributed by atoms with Gasteiger partial charge in [0.1, 0.15) is 16.4 Å². The van der Waals surface area contributed by atoms with Gasteiger partial charge in [0.15, 0.2) is 17.3 Å². The number of para-hydroxylation sites is 1. The maximum Gasteiger partial charge on any atom is 0.433 e. The first-order valence-corrected chi connectivity index (χ1v) is 10.9. The van der Waals surface area contributed by atoms with E-state index in [2.05, 4.69) is 10.1 Å². The second-order valence-corrected chi connectivity index (χ2v) is 7.71. The highest BCUT2D eigenvalue weighted by molar-refractivity contribution is 7.07. The number of furan rings is 1. The molecule has 12 heteroatoms. The zero-order valence-electron chi connectivity index (χ0n) is 18.8. The Hall–Kier alpha value is -4.45. The van der Waals surface area contributed by atoms with Crippen LogP contribution < -0.4 is 19.0 Å². The summed E-state index contributed by atoms with van der Waals surface area (Å²) in [4.78, 5) is 15.0. The molecule has 0 aliphatic rings. The molecule has 0 N–H and O–H groups in total. The minimum absolute atomic E-state index is 0.128. The van der Waals surface area contributed by atoms with Crippen LogP contribution in [-0.4, -0.2) is 37.1 Å². The van der Waals surface area contributed by atoms with Gasteiger partial charge in [0, 0.05) is 10.9 Å². The number of nitro groups is 1. The summed E-state index contributed by atoms with van der Waals surface area (Å²) in [5.41, 5.74) is 1.35. The standard InChI is InChI=1S/C23H19FN4O6S/c1-31-19-10-14(11-20(32-2)22(19)33-3)18-13-35-23(26-17-7-5-4-6-16(17)24)27(18)25-12-15-8-9-21(34-15)28(29)30/h4-13H,1-3H3. The van der Waals surface area contributed by atoms with Crippen LogP contribution in [0.1, 0.15) is 5.76 Å². The van der Waals surface area contributed by atoms with Crippen molar-refractivity contribution in [1.29, 1.82) is 0 Å². The maximum absolute atomic E-state index is 14.3. The molecule has 4 aromatic rings. The van der Waals surface area contributed by atoms with Gasteiger partial charge < -0.3 is 18.6 Å². The molecule has 0 saturated carbocycles. The van der Waals surface area contributed by atoms with Gasteiger partial charge in [-0.3, -0.25) is 10.1 Å². The van der Waals surface area contributed by atoms with E-state index in [0.29, 0.717) is 33.3 Å². The quantitative estimate of drug-likeness (QED) is 0.192. The third-order valence-electron chi connectivity index (χ3n) is 4.81. The van der Waals surface area contributed by atoms with Crippen LogP contribution in [-0.2, 0) is 0 Å². The second-order valence-electron chi connectivity index (χ2n) is 6.87.